The Morgan fingerprint density at radius 1 is 1.21 bits per heavy atom. The van der Waals surface area contributed by atoms with E-state index in [1.54, 1.807) is 0 Å². The molecule has 5 rings (SSSR count). The molecule has 158 valence electrons. The molecule has 9 nitrogen and oxygen atoms in total. The van der Waals surface area contributed by atoms with Crippen LogP contribution in [-0.2, 0) is 14.8 Å². The standard InChI is InChI=1S/C19H25N3O6S/c1-28-16-3-2-15(22(24)25)7-17(16)29(26,27)21-20-18(23)11-19-8-12-4-13(9-19)6-14(5-12)10-19/h2-3,7,12-14,21H,4-6,8-11H2,1H3,(H,20,23). The van der Waals surface area contributed by atoms with E-state index in [2.05, 4.69) is 10.3 Å². The van der Waals surface area contributed by atoms with Crippen molar-refractivity contribution in [2.75, 3.05) is 7.11 Å². The van der Waals surface area contributed by atoms with Gasteiger partial charge in [-0.25, -0.2) is 8.42 Å². The molecule has 0 heterocycles. The van der Waals surface area contributed by atoms with E-state index >= 15 is 0 Å². The molecule has 4 aliphatic rings. The van der Waals surface area contributed by atoms with E-state index in [0.717, 1.165) is 31.4 Å². The van der Waals surface area contributed by atoms with E-state index in [9.17, 15) is 23.3 Å². The molecule has 0 aliphatic heterocycles. The Balaban J connectivity index is 1.44. The van der Waals surface area contributed by atoms with Crippen molar-refractivity contribution in [3.8, 4) is 5.75 Å². The Labute approximate surface area is 169 Å². The van der Waals surface area contributed by atoms with E-state index in [4.69, 9.17) is 4.74 Å². The van der Waals surface area contributed by atoms with E-state index in [1.807, 2.05) is 0 Å². The summed E-state index contributed by atoms with van der Waals surface area (Å²) in [4.78, 5) is 24.5. The van der Waals surface area contributed by atoms with Gasteiger partial charge in [0, 0.05) is 18.6 Å². The summed E-state index contributed by atoms with van der Waals surface area (Å²) in [6.45, 7) is 0. The predicted octanol–water partition coefficient (Wildman–Crippen LogP) is 2.52. The first-order chi connectivity index (χ1) is 13.7. The Bertz CT molecular complexity index is 910. The zero-order valence-electron chi connectivity index (χ0n) is 16.2. The van der Waals surface area contributed by atoms with Crippen molar-refractivity contribution in [2.45, 2.75) is 49.8 Å². The molecule has 1 aromatic carbocycles. The van der Waals surface area contributed by atoms with Gasteiger partial charge >= 0.3 is 0 Å². The second-order valence-electron chi connectivity index (χ2n) is 8.84. The van der Waals surface area contributed by atoms with Crippen LogP contribution < -0.4 is 15.0 Å². The van der Waals surface area contributed by atoms with Gasteiger partial charge in [0.05, 0.1) is 12.0 Å². The van der Waals surface area contributed by atoms with Crippen LogP contribution in [0.2, 0.25) is 0 Å². The lowest BCUT2D eigenvalue weighted by Gasteiger charge is -2.56. The zero-order valence-corrected chi connectivity index (χ0v) is 17.0. The predicted molar refractivity (Wildman–Crippen MR) is 103 cm³/mol. The lowest BCUT2D eigenvalue weighted by molar-refractivity contribution is -0.385. The van der Waals surface area contributed by atoms with Crippen molar-refractivity contribution in [3.05, 3.63) is 28.3 Å². The molecule has 0 aromatic heterocycles. The molecule has 4 bridgehead atoms. The number of nitro groups is 1. The average molecular weight is 423 g/mol. The molecular formula is C19H25N3O6S. The largest absolute Gasteiger partial charge is 0.495 e. The summed E-state index contributed by atoms with van der Waals surface area (Å²) in [7, 11) is -2.96. The molecule has 1 amide bonds. The normalized spacial score (nSPS) is 30.2. The van der Waals surface area contributed by atoms with Gasteiger partial charge in [0.15, 0.2) is 0 Å². The van der Waals surface area contributed by atoms with Crippen LogP contribution in [0.25, 0.3) is 0 Å². The number of carbonyl (C=O) groups excluding carboxylic acids is 1. The lowest BCUT2D eigenvalue weighted by atomic mass is 9.49. The van der Waals surface area contributed by atoms with Crippen LogP contribution in [0.3, 0.4) is 0 Å². The number of nitrogens with zero attached hydrogens (tertiary/aromatic N) is 1. The van der Waals surface area contributed by atoms with Crippen LogP contribution in [0, 0.1) is 33.3 Å². The van der Waals surface area contributed by atoms with Gasteiger partial charge in [-0.05, 0) is 67.8 Å². The molecule has 29 heavy (non-hydrogen) atoms. The zero-order chi connectivity index (χ0) is 20.8. The molecule has 2 N–H and O–H groups in total. The first kappa shape index (κ1) is 20.1. The molecular weight excluding hydrogens is 398 g/mol. The highest BCUT2D eigenvalue weighted by Gasteiger charge is 2.51. The number of hydrogen-bond donors (Lipinski definition) is 2. The quantitative estimate of drug-likeness (QED) is 0.512. The van der Waals surface area contributed by atoms with Gasteiger partial charge in [-0.15, -0.1) is 4.83 Å². The third-order valence-corrected chi connectivity index (χ3v) is 7.94. The molecule has 4 saturated carbocycles. The van der Waals surface area contributed by atoms with Crippen LogP contribution in [0.5, 0.6) is 5.75 Å². The van der Waals surface area contributed by atoms with Crippen LogP contribution >= 0.6 is 0 Å². The third kappa shape index (κ3) is 3.95. The lowest BCUT2D eigenvalue weighted by Crippen LogP contribution is -2.50. The van der Waals surface area contributed by atoms with Gasteiger partial charge in [0.2, 0.25) is 5.91 Å². The fourth-order valence-electron chi connectivity index (χ4n) is 6.06. The number of nitrogens with one attached hydrogen (secondary N) is 2. The van der Waals surface area contributed by atoms with Gasteiger partial charge in [0.25, 0.3) is 15.7 Å². The van der Waals surface area contributed by atoms with Crippen molar-refractivity contribution in [3.63, 3.8) is 0 Å². The number of nitro benzene ring substituents is 1. The fraction of sp³-hybridized carbons (Fsp3) is 0.632. The molecule has 1 aromatic rings. The first-order valence-electron chi connectivity index (χ1n) is 9.83. The maximum Gasteiger partial charge on any atom is 0.271 e. The number of non-ortho nitro benzene ring substituents is 1. The number of hydrazine groups is 1. The van der Waals surface area contributed by atoms with Crippen LogP contribution in [-0.4, -0.2) is 26.4 Å². The number of benzene rings is 1. The highest BCUT2D eigenvalue weighted by Crippen LogP contribution is 2.61. The maximum atomic E-state index is 12.6. The number of sulfonamides is 1. The molecule has 0 radical (unpaired) electrons. The molecule has 0 atom stereocenters. The van der Waals surface area contributed by atoms with Crippen molar-refractivity contribution in [1.29, 1.82) is 0 Å². The molecule has 0 spiro atoms. The van der Waals surface area contributed by atoms with E-state index in [0.29, 0.717) is 24.2 Å². The highest BCUT2D eigenvalue weighted by atomic mass is 32.2. The molecule has 4 fully saturated rings. The van der Waals surface area contributed by atoms with Crippen molar-refractivity contribution >= 4 is 21.6 Å². The number of methoxy groups -OCH3 is 1. The van der Waals surface area contributed by atoms with Gasteiger partial charge in [0.1, 0.15) is 10.6 Å². The molecule has 0 saturated heterocycles. The van der Waals surface area contributed by atoms with Crippen LogP contribution in [0.4, 0.5) is 5.69 Å². The minimum atomic E-state index is -4.23. The van der Waals surface area contributed by atoms with Crippen LogP contribution in [0.15, 0.2) is 23.1 Å². The fourth-order valence-corrected chi connectivity index (χ4v) is 7.11. The Morgan fingerprint density at radius 2 is 1.79 bits per heavy atom. The number of amides is 1. The number of carbonyl (C=O) groups is 1. The monoisotopic (exact) mass is 423 g/mol. The van der Waals surface area contributed by atoms with Crippen LogP contribution in [0.1, 0.15) is 44.9 Å². The average Bonchev–Trinajstić information content (AvgIpc) is 2.64. The van der Waals surface area contributed by atoms with Gasteiger partial charge in [-0.1, -0.05) is 0 Å². The minimum absolute atomic E-state index is 0.0203. The summed E-state index contributed by atoms with van der Waals surface area (Å²) in [5.74, 6) is 1.66. The number of hydrogen-bond acceptors (Lipinski definition) is 6. The van der Waals surface area contributed by atoms with Gasteiger partial charge in [-0.2, -0.15) is 0 Å². The number of rotatable bonds is 7. The molecule has 4 aliphatic carbocycles. The third-order valence-electron chi connectivity index (χ3n) is 6.67. The summed E-state index contributed by atoms with van der Waals surface area (Å²) in [6.07, 6.45) is 7.21. The van der Waals surface area contributed by atoms with Crippen molar-refractivity contribution < 1.29 is 22.9 Å². The van der Waals surface area contributed by atoms with E-state index < -0.39 is 19.8 Å². The SMILES string of the molecule is COc1ccc([N+](=O)[O-])cc1S(=O)(=O)NNC(=O)CC12CC3CC(CC(C3)C1)C2. The van der Waals surface area contributed by atoms with Gasteiger partial charge in [-0.3, -0.25) is 20.3 Å². The molecule has 0 unspecified atom stereocenters. The Kier molecular flexibility index (Phi) is 5.02. The first-order valence-corrected chi connectivity index (χ1v) is 11.3. The number of ether oxygens (including phenoxy) is 1. The summed E-state index contributed by atoms with van der Waals surface area (Å²) < 4.78 is 30.3. The van der Waals surface area contributed by atoms with Crippen molar-refractivity contribution in [2.24, 2.45) is 23.2 Å². The van der Waals surface area contributed by atoms with E-state index in [1.165, 1.54) is 32.4 Å². The topological polar surface area (TPSA) is 128 Å². The highest BCUT2D eigenvalue weighted by molar-refractivity contribution is 7.89. The summed E-state index contributed by atoms with van der Waals surface area (Å²) in [6, 6.07) is 3.28. The Hall–Kier alpha value is -2.20. The summed E-state index contributed by atoms with van der Waals surface area (Å²) in [5.41, 5.74) is 1.89. The van der Waals surface area contributed by atoms with Crippen molar-refractivity contribution in [1.82, 2.24) is 10.3 Å². The van der Waals surface area contributed by atoms with Gasteiger partial charge < -0.3 is 4.74 Å². The minimum Gasteiger partial charge on any atom is -0.495 e. The maximum absolute atomic E-state index is 12.6. The second-order valence-corrected chi connectivity index (χ2v) is 10.5. The summed E-state index contributed by atoms with van der Waals surface area (Å²) >= 11 is 0. The summed E-state index contributed by atoms with van der Waals surface area (Å²) in [5, 5.41) is 11.0. The van der Waals surface area contributed by atoms with E-state index in [-0.39, 0.29) is 22.8 Å². The molecule has 10 heteroatoms. The second kappa shape index (κ2) is 7.24. The smallest absolute Gasteiger partial charge is 0.271 e. The Morgan fingerprint density at radius 3 is 2.31 bits per heavy atom.